The maximum Gasteiger partial charge on any atom is 0.311 e. The van der Waals surface area contributed by atoms with E-state index in [0.29, 0.717) is 6.04 Å². The first-order valence-corrected chi connectivity index (χ1v) is 6.12. The van der Waals surface area contributed by atoms with Crippen molar-refractivity contribution in [2.75, 3.05) is 5.32 Å². The molecule has 1 aromatic heterocycles. The number of anilines is 1. The Morgan fingerprint density at radius 3 is 3.00 bits per heavy atom. The van der Waals surface area contributed by atoms with Crippen LogP contribution in [0.25, 0.3) is 0 Å². The van der Waals surface area contributed by atoms with Crippen LogP contribution in [0.3, 0.4) is 0 Å². The van der Waals surface area contributed by atoms with Crippen molar-refractivity contribution in [1.82, 2.24) is 9.78 Å². The number of carbonyl (C=O) groups is 1. The highest BCUT2D eigenvalue weighted by Crippen LogP contribution is 2.46. The van der Waals surface area contributed by atoms with Crippen LogP contribution in [0, 0.1) is 12.8 Å². The molecule has 3 atom stereocenters. The molecule has 0 aromatic carbocycles. The summed E-state index contributed by atoms with van der Waals surface area (Å²) < 4.78 is 1.77. The Hall–Kier alpha value is -1.52. The lowest BCUT2D eigenvalue weighted by atomic mass is 9.79. The number of rotatable bonds is 1. The van der Waals surface area contributed by atoms with Gasteiger partial charge in [0.05, 0.1) is 11.6 Å². The van der Waals surface area contributed by atoms with E-state index in [-0.39, 0.29) is 11.8 Å². The number of hydrogen-bond acceptors (Lipinski definition) is 3. The molecule has 3 rings (SSSR count). The minimum absolute atomic E-state index is 0.225. The SMILES string of the molecule is Cc1nn(C)c2c1[C@H](C(=O)O)[C@H]1CCC[C@H]1N2. The van der Waals surface area contributed by atoms with Crippen LogP contribution in [-0.4, -0.2) is 26.9 Å². The average Bonchev–Trinajstić information content (AvgIpc) is 2.82. The number of hydrogen-bond donors (Lipinski definition) is 2. The number of aromatic nitrogens is 2. The molecule has 17 heavy (non-hydrogen) atoms. The molecular formula is C12H17N3O2. The Kier molecular flexibility index (Phi) is 2.18. The van der Waals surface area contributed by atoms with Crippen LogP contribution < -0.4 is 5.32 Å². The van der Waals surface area contributed by atoms with Gasteiger partial charge in [0.1, 0.15) is 5.82 Å². The molecule has 0 unspecified atom stereocenters. The second-order valence-electron chi connectivity index (χ2n) is 5.13. The van der Waals surface area contributed by atoms with E-state index < -0.39 is 5.97 Å². The highest BCUT2D eigenvalue weighted by atomic mass is 16.4. The number of nitrogens with one attached hydrogen (secondary N) is 1. The van der Waals surface area contributed by atoms with Gasteiger partial charge in [-0.25, -0.2) is 0 Å². The maximum absolute atomic E-state index is 11.6. The predicted octanol–water partition coefficient (Wildman–Crippen LogP) is 1.49. The van der Waals surface area contributed by atoms with Gasteiger partial charge in [-0.05, 0) is 25.7 Å². The van der Waals surface area contributed by atoms with Crippen LogP contribution >= 0.6 is 0 Å². The van der Waals surface area contributed by atoms with Gasteiger partial charge in [-0.15, -0.1) is 0 Å². The lowest BCUT2D eigenvalue weighted by Crippen LogP contribution is -2.38. The Balaban J connectivity index is 2.15. The zero-order chi connectivity index (χ0) is 12.2. The molecule has 1 aliphatic carbocycles. The van der Waals surface area contributed by atoms with Crippen molar-refractivity contribution in [2.24, 2.45) is 13.0 Å². The molecule has 1 saturated carbocycles. The molecule has 1 fully saturated rings. The lowest BCUT2D eigenvalue weighted by molar-refractivity contribution is -0.140. The summed E-state index contributed by atoms with van der Waals surface area (Å²) in [7, 11) is 1.87. The van der Waals surface area contributed by atoms with Gasteiger partial charge in [-0.2, -0.15) is 5.10 Å². The first-order chi connectivity index (χ1) is 8.09. The molecule has 0 spiro atoms. The summed E-state index contributed by atoms with van der Waals surface area (Å²) in [5, 5.41) is 17.3. The summed E-state index contributed by atoms with van der Waals surface area (Å²) in [5.41, 5.74) is 1.73. The number of aliphatic carboxylic acids is 1. The molecule has 1 aliphatic heterocycles. The number of fused-ring (bicyclic) bond motifs is 2. The van der Waals surface area contributed by atoms with Crippen molar-refractivity contribution >= 4 is 11.8 Å². The normalized spacial score (nSPS) is 30.6. The van der Waals surface area contributed by atoms with Gasteiger partial charge in [0, 0.05) is 18.7 Å². The average molecular weight is 235 g/mol. The van der Waals surface area contributed by atoms with E-state index in [2.05, 4.69) is 10.4 Å². The van der Waals surface area contributed by atoms with Crippen LogP contribution in [0.5, 0.6) is 0 Å². The monoisotopic (exact) mass is 235 g/mol. The van der Waals surface area contributed by atoms with Crippen LogP contribution in [-0.2, 0) is 11.8 Å². The second kappa shape index (κ2) is 3.48. The van der Waals surface area contributed by atoms with Crippen molar-refractivity contribution in [3.63, 3.8) is 0 Å². The van der Waals surface area contributed by atoms with Gasteiger partial charge in [-0.3, -0.25) is 9.48 Å². The molecule has 92 valence electrons. The quantitative estimate of drug-likeness (QED) is 0.774. The van der Waals surface area contributed by atoms with Gasteiger partial charge in [0.2, 0.25) is 0 Å². The Bertz CT molecular complexity index is 480. The molecule has 0 amide bonds. The molecule has 0 saturated heterocycles. The zero-order valence-electron chi connectivity index (χ0n) is 10.1. The molecule has 2 heterocycles. The third kappa shape index (κ3) is 1.38. The van der Waals surface area contributed by atoms with Crippen molar-refractivity contribution in [2.45, 2.75) is 38.1 Å². The summed E-state index contributed by atoms with van der Waals surface area (Å²) in [6.45, 7) is 1.89. The van der Waals surface area contributed by atoms with E-state index in [4.69, 9.17) is 0 Å². The standard InChI is InChI=1S/C12H17N3O2/c1-6-9-10(12(16)17)7-4-3-5-8(7)13-11(9)15(2)14-6/h7-8,10,13H,3-5H2,1-2H3,(H,16,17)/t7-,8+,10+/m0/s1. The van der Waals surface area contributed by atoms with Gasteiger partial charge < -0.3 is 10.4 Å². The molecule has 2 N–H and O–H groups in total. The van der Waals surface area contributed by atoms with Crippen molar-refractivity contribution in [3.8, 4) is 0 Å². The van der Waals surface area contributed by atoms with Gasteiger partial charge in [0.25, 0.3) is 0 Å². The van der Waals surface area contributed by atoms with E-state index in [1.807, 2.05) is 14.0 Å². The van der Waals surface area contributed by atoms with E-state index >= 15 is 0 Å². The number of nitrogens with zero attached hydrogens (tertiary/aromatic N) is 2. The van der Waals surface area contributed by atoms with Crippen LogP contribution in [0.2, 0.25) is 0 Å². The third-order valence-electron chi connectivity index (χ3n) is 4.17. The molecule has 5 heteroatoms. The van der Waals surface area contributed by atoms with E-state index in [9.17, 15) is 9.90 Å². The van der Waals surface area contributed by atoms with Crippen LogP contribution in [0.1, 0.15) is 36.4 Å². The fraction of sp³-hybridized carbons (Fsp3) is 0.667. The topological polar surface area (TPSA) is 67.2 Å². The molecule has 0 bridgehead atoms. The van der Waals surface area contributed by atoms with E-state index in [1.165, 1.54) is 0 Å². The third-order valence-corrected chi connectivity index (χ3v) is 4.17. The fourth-order valence-corrected chi connectivity index (χ4v) is 3.48. The molecular weight excluding hydrogens is 218 g/mol. The van der Waals surface area contributed by atoms with Crippen LogP contribution in [0.15, 0.2) is 0 Å². The molecule has 1 aromatic rings. The molecule has 0 radical (unpaired) electrons. The van der Waals surface area contributed by atoms with Gasteiger partial charge >= 0.3 is 5.97 Å². The van der Waals surface area contributed by atoms with Crippen LogP contribution in [0.4, 0.5) is 5.82 Å². The Labute approximate surface area is 99.8 Å². The summed E-state index contributed by atoms with van der Waals surface area (Å²) in [6.07, 6.45) is 3.19. The second-order valence-corrected chi connectivity index (χ2v) is 5.13. The first-order valence-electron chi connectivity index (χ1n) is 6.12. The van der Waals surface area contributed by atoms with Gasteiger partial charge in [-0.1, -0.05) is 6.42 Å². The van der Waals surface area contributed by atoms with Crippen molar-refractivity contribution in [1.29, 1.82) is 0 Å². The van der Waals surface area contributed by atoms with E-state index in [0.717, 1.165) is 36.3 Å². The lowest BCUT2D eigenvalue weighted by Gasteiger charge is -2.33. The summed E-state index contributed by atoms with van der Waals surface area (Å²) in [5.74, 6) is 0.0363. The smallest absolute Gasteiger partial charge is 0.311 e. The number of carboxylic acid groups (broad SMARTS) is 1. The zero-order valence-corrected chi connectivity index (χ0v) is 10.1. The van der Waals surface area contributed by atoms with Crippen molar-refractivity contribution in [3.05, 3.63) is 11.3 Å². The molecule has 5 nitrogen and oxygen atoms in total. The minimum atomic E-state index is -0.708. The summed E-state index contributed by atoms with van der Waals surface area (Å²) in [6, 6.07) is 0.304. The fourth-order valence-electron chi connectivity index (χ4n) is 3.48. The summed E-state index contributed by atoms with van der Waals surface area (Å²) in [4.78, 5) is 11.6. The van der Waals surface area contributed by atoms with Crippen molar-refractivity contribution < 1.29 is 9.90 Å². The molecule has 2 aliphatic rings. The van der Waals surface area contributed by atoms with Gasteiger partial charge in [0.15, 0.2) is 0 Å². The highest BCUT2D eigenvalue weighted by molar-refractivity contribution is 5.81. The highest BCUT2D eigenvalue weighted by Gasteiger charge is 2.45. The number of carboxylic acids is 1. The largest absolute Gasteiger partial charge is 0.481 e. The summed E-state index contributed by atoms with van der Waals surface area (Å²) >= 11 is 0. The Morgan fingerprint density at radius 2 is 2.29 bits per heavy atom. The first kappa shape index (κ1) is 10.6. The Morgan fingerprint density at radius 1 is 1.53 bits per heavy atom. The van der Waals surface area contributed by atoms with E-state index in [1.54, 1.807) is 4.68 Å². The number of aryl methyl sites for hydroxylation is 2. The maximum atomic E-state index is 11.6. The minimum Gasteiger partial charge on any atom is -0.481 e. The predicted molar refractivity (Wildman–Crippen MR) is 63.1 cm³/mol.